The number of rotatable bonds is 3. The molecule has 1 rings (SSSR count). The van der Waals surface area contributed by atoms with Gasteiger partial charge < -0.3 is 9.57 Å². The fourth-order valence-electron chi connectivity index (χ4n) is 0.992. The monoisotopic (exact) mass is 171 g/mol. The first-order valence-electron chi connectivity index (χ1n) is 4.58. The van der Waals surface area contributed by atoms with Gasteiger partial charge in [-0.1, -0.05) is 12.1 Å². The molecule has 0 bridgehead atoms. The number of nitrogens with zero attached hydrogens (tertiary/aromatic N) is 1. The first-order chi connectivity index (χ1) is 5.74. The van der Waals surface area contributed by atoms with Gasteiger partial charge >= 0.3 is 0 Å². The van der Waals surface area contributed by atoms with Crippen molar-refractivity contribution in [3.05, 3.63) is 0 Å². The van der Waals surface area contributed by atoms with Crippen LogP contribution in [0.1, 0.15) is 33.6 Å². The molecule has 1 aliphatic rings. The predicted molar refractivity (Wildman–Crippen MR) is 48.3 cm³/mol. The van der Waals surface area contributed by atoms with Crippen LogP contribution in [0.5, 0.6) is 0 Å². The fraction of sp³-hybridized carbons (Fsp3) is 0.889. The van der Waals surface area contributed by atoms with Crippen LogP contribution >= 0.6 is 0 Å². The second-order valence-corrected chi connectivity index (χ2v) is 3.17. The molecule has 2 unspecified atom stereocenters. The van der Waals surface area contributed by atoms with E-state index in [0.717, 1.165) is 25.2 Å². The van der Waals surface area contributed by atoms with Crippen molar-refractivity contribution in [2.75, 3.05) is 6.61 Å². The summed E-state index contributed by atoms with van der Waals surface area (Å²) >= 11 is 0. The van der Waals surface area contributed by atoms with Gasteiger partial charge in [0.25, 0.3) is 0 Å². The average Bonchev–Trinajstić information content (AvgIpc) is 2.47. The highest BCUT2D eigenvalue weighted by molar-refractivity contribution is 5.89. The zero-order chi connectivity index (χ0) is 8.97. The molecule has 1 heterocycles. The molecule has 0 aliphatic carbocycles. The Bertz CT molecular complexity index is 168. The highest BCUT2D eigenvalue weighted by Gasteiger charge is 2.19. The Hall–Kier alpha value is -0.570. The molecule has 0 aromatic rings. The predicted octanol–water partition coefficient (Wildman–Crippen LogP) is 1.97. The Morgan fingerprint density at radius 2 is 2.50 bits per heavy atom. The lowest BCUT2D eigenvalue weighted by molar-refractivity contribution is 0.0672. The Balaban J connectivity index is 2.35. The van der Waals surface area contributed by atoms with Crippen molar-refractivity contribution in [3.63, 3.8) is 0 Å². The van der Waals surface area contributed by atoms with Crippen molar-refractivity contribution in [2.24, 2.45) is 5.16 Å². The van der Waals surface area contributed by atoms with Crippen LogP contribution in [-0.2, 0) is 9.57 Å². The minimum atomic E-state index is 0.147. The normalized spacial score (nSPS) is 29.2. The summed E-state index contributed by atoms with van der Waals surface area (Å²) in [6.07, 6.45) is 2.27. The van der Waals surface area contributed by atoms with Crippen LogP contribution < -0.4 is 0 Å². The van der Waals surface area contributed by atoms with Crippen molar-refractivity contribution in [1.82, 2.24) is 0 Å². The van der Waals surface area contributed by atoms with Crippen LogP contribution in [0.3, 0.4) is 0 Å². The van der Waals surface area contributed by atoms with E-state index in [4.69, 9.17) is 9.57 Å². The summed E-state index contributed by atoms with van der Waals surface area (Å²) in [5, 5.41) is 4.07. The van der Waals surface area contributed by atoms with E-state index < -0.39 is 0 Å². The van der Waals surface area contributed by atoms with Crippen molar-refractivity contribution >= 4 is 5.71 Å². The van der Waals surface area contributed by atoms with E-state index in [9.17, 15) is 0 Å². The molecule has 0 amide bonds. The first-order valence-corrected chi connectivity index (χ1v) is 4.58. The second kappa shape index (κ2) is 4.45. The molecule has 12 heavy (non-hydrogen) atoms. The summed E-state index contributed by atoms with van der Waals surface area (Å²) in [6.45, 7) is 6.89. The smallest absolute Gasteiger partial charge is 0.124 e. The summed E-state index contributed by atoms with van der Waals surface area (Å²) in [5.41, 5.74) is 1.04. The molecule has 1 aliphatic heterocycles. The minimum Gasteiger partial charge on any atom is -0.393 e. The topological polar surface area (TPSA) is 30.8 Å². The van der Waals surface area contributed by atoms with E-state index in [1.54, 1.807) is 0 Å². The van der Waals surface area contributed by atoms with Crippen LogP contribution in [-0.4, -0.2) is 24.5 Å². The van der Waals surface area contributed by atoms with Gasteiger partial charge in [-0.25, -0.2) is 0 Å². The van der Waals surface area contributed by atoms with E-state index in [1.807, 2.05) is 13.8 Å². The molecule has 3 nitrogen and oxygen atoms in total. The third-order valence-electron chi connectivity index (χ3n) is 2.12. The largest absolute Gasteiger partial charge is 0.393 e. The number of oxime groups is 1. The maximum Gasteiger partial charge on any atom is 0.124 e. The number of ether oxygens (including phenoxy) is 1. The molecule has 0 aromatic heterocycles. The zero-order valence-corrected chi connectivity index (χ0v) is 8.04. The van der Waals surface area contributed by atoms with Gasteiger partial charge in [-0.05, 0) is 20.3 Å². The van der Waals surface area contributed by atoms with Gasteiger partial charge in [0, 0.05) is 6.42 Å². The average molecular weight is 171 g/mol. The van der Waals surface area contributed by atoms with E-state index in [1.165, 1.54) is 0 Å². The standard InChI is InChI=1S/C9H17NO2/c1-4-7(2)12-10-9-5-6-11-8(9)3/h7-8H,4-6H2,1-3H3/b10-9-. The van der Waals surface area contributed by atoms with Crippen molar-refractivity contribution in [3.8, 4) is 0 Å². The molecule has 0 spiro atoms. The fourth-order valence-corrected chi connectivity index (χ4v) is 0.992. The maximum atomic E-state index is 5.32. The van der Waals surface area contributed by atoms with E-state index in [0.29, 0.717) is 0 Å². The molecule has 70 valence electrons. The highest BCUT2D eigenvalue weighted by Crippen LogP contribution is 2.10. The Labute approximate surface area is 73.7 Å². The molecule has 0 saturated carbocycles. The molecule has 3 heteroatoms. The lowest BCUT2D eigenvalue weighted by atomic mass is 10.2. The van der Waals surface area contributed by atoms with Crippen LogP contribution in [0, 0.1) is 0 Å². The summed E-state index contributed by atoms with van der Waals surface area (Å²) in [4.78, 5) is 5.25. The molecule has 0 aromatic carbocycles. The summed E-state index contributed by atoms with van der Waals surface area (Å²) in [7, 11) is 0. The zero-order valence-electron chi connectivity index (χ0n) is 8.04. The van der Waals surface area contributed by atoms with Crippen LogP contribution in [0.2, 0.25) is 0 Å². The van der Waals surface area contributed by atoms with Crippen molar-refractivity contribution in [2.45, 2.75) is 45.8 Å². The van der Waals surface area contributed by atoms with Crippen LogP contribution in [0.4, 0.5) is 0 Å². The Morgan fingerprint density at radius 1 is 1.75 bits per heavy atom. The van der Waals surface area contributed by atoms with Gasteiger partial charge in [-0.3, -0.25) is 0 Å². The SMILES string of the molecule is CCC(C)O/N=C1/CCOC1C. The molecule has 1 fully saturated rings. The molecule has 1 saturated heterocycles. The second-order valence-electron chi connectivity index (χ2n) is 3.17. The Morgan fingerprint density at radius 3 is 3.00 bits per heavy atom. The third kappa shape index (κ3) is 2.48. The van der Waals surface area contributed by atoms with Gasteiger partial charge in [0.1, 0.15) is 6.10 Å². The lowest BCUT2D eigenvalue weighted by Crippen LogP contribution is -2.12. The van der Waals surface area contributed by atoms with E-state index in [-0.39, 0.29) is 12.2 Å². The quantitative estimate of drug-likeness (QED) is 0.608. The first kappa shape index (κ1) is 9.52. The van der Waals surface area contributed by atoms with Gasteiger partial charge in [0.15, 0.2) is 0 Å². The molecular weight excluding hydrogens is 154 g/mol. The highest BCUT2D eigenvalue weighted by atomic mass is 16.6. The molecule has 0 radical (unpaired) electrons. The Kier molecular flexibility index (Phi) is 3.53. The van der Waals surface area contributed by atoms with Crippen molar-refractivity contribution < 1.29 is 9.57 Å². The summed E-state index contributed by atoms with van der Waals surface area (Å²) in [5.74, 6) is 0. The van der Waals surface area contributed by atoms with Crippen LogP contribution in [0.25, 0.3) is 0 Å². The summed E-state index contributed by atoms with van der Waals surface area (Å²) in [6, 6.07) is 0. The third-order valence-corrected chi connectivity index (χ3v) is 2.12. The van der Waals surface area contributed by atoms with Gasteiger partial charge in [-0.15, -0.1) is 0 Å². The van der Waals surface area contributed by atoms with Gasteiger partial charge in [0.05, 0.1) is 18.4 Å². The van der Waals surface area contributed by atoms with Gasteiger partial charge in [-0.2, -0.15) is 0 Å². The number of hydrogen-bond donors (Lipinski definition) is 0. The van der Waals surface area contributed by atoms with Crippen molar-refractivity contribution in [1.29, 1.82) is 0 Å². The molecule has 2 atom stereocenters. The van der Waals surface area contributed by atoms with Crippen LogP contribution in [0.15, 0.2) is 5.16 Å². The minimum absolute atomic E-state index is 0.147. The van der Waals surface area contributed by atoms with E-state index in [2.05, 4.69) is 12.1 Å². The molecule has 0 N–H and O–H groups in total. The molecular formula is C9H17NO2. The van der Waals surface area contributed by atoms with Gasteiger partial charge in [0.2, 0.25) is 0 Å². The number of hydrogen-bond acceptors (Lipinski definition) is 3. The maximum absolute atomic E-state index is 5.32. The van der Waals surface area contributed by atoms with E-state index >= 15 is 0 Å². The lowest BCUT2D eigenvalue weighted by Gasteiger charge is -2.07. The summed E-state index contributed by atoms with van der Waals surface area (Å²) < 4.78 is 5.32.